The summed E-state index contributed by atoms with van der Waals surface area (Å²) in [6, 6.07) is 8.11. The molecule has 0 atom stereocenters. The van der Waals surface area contributed by atoms with E-state index in [0.717, 1.165) is 17.6 Å². The van der Waals surface area contributed by atoms with Crippen molar-refractivity contribution in [3.8, 4) is 5.75 Å². The van der Waals surface area contributed by atoms with E-state index in [4.69, 9.17) is 16.3 Å². The number of aromatic nitrogens is 3. The van der Waals surface area contributed by atoms with Gasteiger partial charge in [0.1, 0.15) is 22.0 Å². The van der Waals surface area contributed by atoms with Crippen LogP contribution in [0.2, 0.25) is 5.02 Å². The molecule has 1 N–H and O–H groups in total. The number of halogens is 1. The topological polar surface area (TPSA) is 86.1 Å². The highest BCUT2D eigenvalue weighted by atomic mass is 35.5. The Kier molecular flexibility index (Phi) is 5.45. The van der Waals surface area contributed by atoms with Crippen molar-refractivity contribution in [2.75, 3.05) is 7.11 Å². The van der Waals surface area contributed by atoms with E-state index in [1.807, 2.05) is 17.6 Å². The first-order valence-corrected chi connectivity index (χ1v) is 9.95. The lowest BCUT2D eigenvalue weighted by atomic mass is 10.3. The Bertz CT molecular complexity index is 1030. The van der Waals surface area contributed by atoms with Crippen LogP contribution in [0.4, 0.5) is 0 Å². The highest BCUT2D eigenvalue weighted by molar-refractivity contribution is 7.89. The molecule has 138 valence electrons. The quantitative estimate of drug-likeness (QED) is 0.665. The van der Waals surface area contributed by atoms with Gasteiger partial charge in [0, 0.05) is 17.8 Å². The minimum absolute atomic E-state index is 0.0104. The number of benzene rings is 1. The van der Waals surface area contributed by atoms with Crippen molar-refractivity contribution >= 4 is 32.8 Å². The standard InChI is InChI=1S/C17H19ClN4O3S/c1-3-9-22-16(21-13-5-4-8-19-17(13)22)11-20-26(23,24)15-10-12(18)6-7-14(15)25-2/h4-8,10,20H,3,9,11H2,1-2H3. The van der Waals surface area contributed by atoms with Crippen LogP contribution in [0, 0.1) is 0 Å². The van der Waals surface area contributed by atoms with E-state index in [1.165, 1.54) is 19.2 Å². The SMILES string of the molecule is CCCn1c(CNS(=O)(=O)c2cc(Cl)ccc2OC)nc2cccnc21. The number of pyridine rings is 1. The molecule has 0 fully saturated rings. The van der Waals surface area contributed by atoms with Gasteiger partial charge in [-0.05, 0) is 36.8 Å². The molecule has 3 aromatic rings. The van der Waals surface area contributed by atoms with Gasteiger partial charge in [0.15, 0.2) is 5.65 Å². The van der Waals surface area contributed by atoms with Gasteiger partial charge in [-0.2, -0.15) is 0 Å². The molecule has 7 nitrogen and oxygen atoms in total. The number of imidazole rings is 1. The van der Waals surface area contributed by atoms with E-state index < -0.39 is 10.0 Å². The summed E-state index contributed by atoms with van der Waals surface area (Å²) in [5.41, 5.74) is 1.47. The maximum Gasteiger partial charge on any atom is 0.244 e. The molecule has 0 radical (unpaired) electrons. The smallest absolute Gasteiger partial charge is 0.244 e. The Morgan fingerprint density at radius 3 is 2.85 bits per heavy atom. The van der Waals surface area contributed by atoms with Crippen LogP contribution in [-0.2, 0) is 23.1 Å². The monoisotopic (exact) mass is 394 g/mol. The molecule has 2 heterocycles. The third-order valence-electron chi connectivity index (χ3n) is 3.87. The summed E-state index contributed by atoms with van der Waals surface area (Å²) in [4.78, 5) is 8.84. The second-order valence-corrected chi connectivity index (χ2v) is 7.82. The average molecular weight is 395 g/mol. The van der Waals surface area contributed by atoms with Gasteiger partial charge in [-0.25, -0.2) is 23.1 Å². The third-order valence-corrected chi connectivity index (χ3v) is 5.52. The number of nitrogens with zero attached hydrogens (tertiary/aromatic N) is 3. The fraction of sp³-hybridized carbons (Fsp3) is 0.294. The summed E-state index contributed by atoms with van der Waals surface area (Å²) in [5.74, 6) is 0.829. The Balaban J connectivity index is 1.92. The van der Waals surface area contributed by atoms with Crippen LogP contribution >= 0.6 is 11.6 Å². The first-order valence-electron chi connectivity index (χ1n) is 8.09. The van der Waals surface area contributed by atoms with Crippen molar-refractivity contribution in [3.63, 3.8) is 0 Å². The average Bonchev–Trinajstić information content (AvgIpc) is 2.98. The summed E-state index contributed by atoms with van der Waals surface area (Å²) in [5, 5.41) is 0.314. The zero-order chi connectivity index (χ0) is 18.7. The fourth-order valence-electron chi connectivity index (χ4n) is 2.70. The molecule has 2 aromatic heterocycles. The number of methoxy groups -OCH3 is 1. The molecule has 0 aliphatic heterocycles. The first-order chi connectivity index (χ1) is 12.5. The molecule has 26 heavy (non-hydrogen) atoms. The van der Waals surface area contributed by atoms with E-state index in [2.05, 4.69) is 14.7 Å². The predicted octanol–water partition coefficient (Wildman–Crippen LogP) is 2.98. The van der Waals surface area contributed by atoms with E-state index in [-0.39, 0.29) is 17.2 Å². The number of hydrogen-bond donors (Lipinski definition) is 1. The van der Waals surface area contributed by atoms with Crippen LogP contribution in [0.3, 0.4) is 0 Å². The summed E-state index contributed by atoms with van der Waals surface area (Å²) in [7, 11) is -2.41. The number of nitrogens with one attached hydrogen (secondary N) is 1. The molecular formula is C17H19ClN4O3S. The Hall–Kier alpha value is -2.16. The van der Waals surface area contributed by atoms with Gasteiger partial charge in [0.2, 0.25) is 10.0 Å². The van der Waals surface area contributed by atoms with E-state index >= 15 is 0 Å². The Morgan fingerprint density at radius 2 is 2.12 bits per heavy atom. The number of ether oxygens (including phenoxy) is 1. The van der Waals surface area contributed by atoms with Crippen LogP contribution in [-0.4, -0.2) is 30.1 Å². The van der Waals surface area contributed by atoms with Gasteiger partial charge >= 0.3 is 0 Å². The molecule has 0 aliphatic carbocycles. The van der Waals surface area contributed by atoms with Crippen molar-refractivity contribution in [3.05, 3.63) is 47.4 Å². The van der Waals surface area contributed by atoms with Crippen molar-refractivity contribution in [1.82, 2.24) is 19.3 Å². The van der Waals surface area contributed by atoms with E-state index in [0.29, 0.717) is 17.4 Å². The number of fused-ring (bicyclic) bond motifs is 1. The lowest BCUT2D eigenvalue weighted by molar-refractivity contribution is 0.402. The van der Waals surface area contributed by atoms with Crippen LogP contribution in [0.25, 0.3) is 11.2 Å². The van der Waals surface area contributed by atoms with Gasteiger partial charge < -0.3 is 9.30 Å². The molecule has 0 bridgehead atoms. The Morgan fingerprint density at radius 1 is 1.31 bits per heavy atom. The van der Waals surface area contributed by atoms with Gasteiger partial charge in [-0.15, -0.1) is 0 Å². The zero-order valence-corrected chi connectivity index (χ0v) is 16.0. The number of rotatable bonds is 7. The van der Waals surface area contributed by atoms with E-state index in [9.17, 15) is 8.42 Å². The first kappa shape index (κ1) is 18.6. The maximum atomic E-state index is 12.7. The molecule has 0 spiro atoms. The molecule has 0 aliphatic rings. The van der Waals surface area contributed by atoms with Crippen LogP contribution in [0.15, 0.2) is 41.4 Å². The van der Waals surface area contributed by atoms with Gasteiger partial charge in [-0.1, -0.05) is 18.5 Å². The van der Waals surface area contributed by atoms with Gasteiger partial charge in [-0.3, -0.25) is 0 Å². The van der Waals surface area contributed by atoms with Gasteiger partial charge in [0.25, 0.3) is 0 Å². The minimum atomic E-state index is -3.83. The maximum absolute atomic E-state index is 12.7. The van der Waals surface area contributed by atoms with Crippen LogP contribution in [0.1, 0.15) is 19.2 Å². The lowest BCUT2D eigenvalue weighted by Gasteiger charge is -2.12. The molecule has 0 amide bonds. The van der Waals surface area contributed by atoms with Crippen LogP contribution < -0.4 is 9.46 Å². The zero-order valence-electron chi connectivity index (χ0n) is 14.4. The van der Waals surface area contributed by atoms with Crippen molar-refractivity contribution in [2.24, 2.45) is 0 Å². The highest BCUT2D eigenvalue weighted by Gasteiger charge is 2.21. The predicted molar refractivity (Wildman–Crippen MR) is 99.8 cm³/mol. The molecule has 0 saturated heterocycles. The summed E-state index contributed by atoms with van der Waals surface area (Å²) < 4.78 is 35.1. The second-order valence-electron chi connectivity index (χ2n) is 5.65. The third kappa shape index (κ3) is 3.67. The molecular weight excluding hydrogens is 376 g/mol. The number of hydrogen-bond acceptors (Lipinski definition) is 5. The largest absolute Gasteiger partial charge is 0.495 e. The second kappa shape index (κ2) is 7.61. The highest BCUT2D eigenvalue weighted by Crippen LogP contribution is 2.27. The van der Waals surface area contributed by atoms with Crippen molar-refractivity contribution < 1.29 is 13.2 Å². The molecule has 9 heteroatoms. The normalized spacial score (nSPS) is 11.8. The van der Waals surface area contributed by atoms with Crippen molar-refractivity contribution in [1.29, 1.82) is 0 Å². The molecule has 0 saturated carbocycles. The fourth-order valence-corrected chi connectivity index (χ4v) is 4.11. The van der Waals surface area contributed by atoms with E-state index in [1.54, 1.807) is 18.3 Å². The molecule has 0 unspecified atom stereocenters. The number of sulfonamides is 1. The molecule has 3 rings (SSSR count). The van der Waals surface area contributed by atoms with Crippen molar-refractivity contribution in [2.45, 2.75) is 31.3 Å². The number of aryl methyl sites for hydroxylation is 1. The molecule has 1 aromatic carbocycles. The summed E-state index contributed by atoms with van der Waals surface area (Å²) in [6.07, 6.45) is 2.57. The summed E-state index contributed by atoms with van der Waals surface area (Å²) >= 11 is 5.94. The minimum Gasteiger partial charge on any atom is -0.495 e. The lowest BCUT2D eigenvalue weighted by Crippen LogP contribution is -2.25. The Labute approximate surface area is 157 Å². The van der Waals surface area contributed by atoms with Gasteiger partial charge in [0.05, 0.1) is 13.7 Å². The van der Waals surface area contributed by atoms with Crippen LogP contribution in [0.5, 0.6) is 5.75 Å². The summed E-state index contributed by atoms with van der Waals surface area (Å²) in [6.45, 7) is 2.78.